The zero-order valence-corrected chi connectivity index (χ0v) is 11.7. The minimum atomic E-state index is -0.799. The first-order valence-corrected chi connectivity index (χ1v) is 6.80. The largest absolute Gasteiger partial charge is 0.480 e. The summed E-state index contributed by atoms with van der Waals surface area (Å²) in [6.45, 7) is 7.82. The normalized spacial score (nSPS) is 23.6. The minimum absolute atomic E-state index is 0.162. The van der Waals surface area contributed by atoms with Crippen LogP contribution in [0.5, 0.6) is 0 Å². The van der Waals surface area contributed by atoms with Crippen molar-refractivity contribution in [2.75, 3.05) is 13.1 Å². The van der Waals surface area contributed by atoms with Gasteiger partial charge in [0.05, 0.1) is 6.04 Å². The number of rotatable bonds is 3. The molecule has 0 radical (unpaired) electrons. The molecular weight excluding hydrogens is 240 g/mol. The van der Waals surface area contributed by atoms with Crippen molar-refractivity contribution in [1.29, 1.82) is 0 Å². The molecule has 104 valence electrons. The minimum Gasteiger partial charge on any atom is -0.480 e. The number of piperazine rings is 1. The maximum atomic E-state index is 11.4. The second kappa shape index (κ2) is 5.72. The highest BCUT2D eigenvalue weighted by molar-refractivity contribution is 5.75. The van der Waals surface area contributed by atoms with Gasteiger partial charge in [-0.05, 0) is 29.5 Å². The molecule has 0 amide bonds. The van der Waals surface area contributed by atoms with Gasteiger partial charge in [-0.15, -0.1) is 0 Å². The zero-order valence-electron chi connectivity index (χ0n) is 11.7. The predicted molar refractivity (Wildman–Crippen MR) is 75.4 cm³/mol. The molecule has 1 aliphatic heterocycles. The van der Waals surface area contributed by atoms with Gasteiger partial charge < -0.3 is 15.7 Å². The SMILES string of the molecule is Cc1ccc(C(C)C)cc1C1NCCNC1C(=O)O. The van der Waals surface area contributed by atoms with Crippen LogP contribution >= 0.6 is 0 Å². The molecule has 4 heteroatoms. The van der Waals surface area contributed by atoms with Crippen molar-refractivity contribution in [1.82, 2.24) is 10.6 Å². The van der Waals surface area contributed by atoms with Gasteiger partial charge in [0, 0.05) is 13.1 Å². The van der Waals surface area contributed by atoms with E-state index in [0.717, 1.165) is 17.7 Å². The van der Waals surface area contributed by atoms with Gasteiger partial charge in [-0.2, -0.15) is 0 Å². The molecule has 1 heterocycles. The Kier molecular flexibility index (Phi) is 4.22. The number of hydrogen-bond donors (Lipinski definition) is 3. The number of aryl methyl sites for hydroxylation is 1. The van der Waals surface area contributed by atoms with Crippen molar-refractivity contribution >= 4 is 5.97 Å². The van der Waals surface area contributed by atoms with Crippen LogP contribution in [0.2, 0.25) is 0 Å². The van der Waals surface area contributed by atoms with Gasteiger partial charge >= 0.3 is 5.97 Å². The molecule has 0 spiro atoms. The summed E-state index contributed by atoms with van der Waals surface area (Å²) in [7, 11) is 0. The maximum Gasteiger partial charge on any atom is 0.322 e. The molecule has 0 bridgehead atoms. The van der Waals surface area contributed by atoms with Crippen molar-refractivity contribution in [2.45, 2.75) is 38.8 Å². The third-order valence-corrected chi connectivity index (χ3v) is 3.76. The molecule has 3 N–H and O–H groups in total. The molecule has 1 saturated heterocycles. The number of nitrogens with one attached hydrogen (secondary N) is 2. The van der Waals surface area contributed by atoms with Crippen molar-refractivity contribution in [3.8, 4) is 0 Å². The fraction of sp³-hybridized carbons (Fsp3) is 0.533. The van der Waals surface area contributed by atoms with E-state index < -0.39 is 12.0 Å². The van der Waals surface area contributed by atoms with E-state index in [1.54, 1.807) is 0 Å². The Bertz CT molecular complexity index is 471. The van der Waals surface area contributed by atoms with Crippen LogP contribution in [-0.4, -0.2) is 30.2 Å². The molecule has 1 aromatic rings. The van der Waals surface area contributed by atoms with Crippen LogP contribution in [0.25, 0.3) is 0 Å². The average molecular weight is 262 g/mol. The standard InChI is InChI=1S/C15H22N2O2/c1-9(2)11-5-4-10(3)12(8-11)13-14(15(18)19)17-7-6-16-13/h4-5,8-9,13-14,16-17H,6-7H2,1-3H3,(H,18,19). The van der Waals surface area contributed by atoms with Crippen LogP contribution in [0.4, 0.5) is 0 Å². The first-order valence-electron chi connectivity index (χ1n) is 6.80. The van der Waals surface area contributed by atoms with E-state index in [9.17, 15) is 9.90 Å². The van der Waals surface area contributed by atoms with Gasteiger partial charge in [0.25, 0.3) is 0 Å². The highest BCUT2D eigenvalue weighted by Gasteiger charge is 2.32. The van der Waals surface area contributed by atoms with Crippen LogP contribution in [0.15, 0.2) is 18.2 Å². The first kappa shape index (κ1) is 14.0. The average Bonchev–Trinajstić information content (AvgIpc) is 2.39. The van der Waals surface area contributed by atoms with Gasteiger partial charge in [0.2, 0.25) is 0 Å². The van der Waals surface area contributed by atoms with Gasteiger partial charge in [-0.1, -0.05) is 32.0 Å². The lowest BCUT2D eigenvalue weighted by atomic mass is 9.90. The molecule has 0 aliphatic carbocycles. The molecular formula is C15H22N2O2. The van der Waals surface area contributed by atoms with E-state index in [-0.39, 0.29) is 6.04 Å². The van der Waals surface area contributed by atoms with Crippen LogP contribution in [0.3, 0.4) is 0 Å². The molecule has 4 nitrogen and oxygen atoms in total. The van der Waals surface area contributed by atoms with E-state index in [1.165, 1.54) is 5.56 Å². The van der Waals surface area contributed by atoms with E-state index >= 15 is 0 Å². The van der Waals surface area contributed by atoms with Crippen molar-refractivity contribution in [2.24, 2.45) is 0 Å². The van der Waals surface area contributed by atoms with Gasteiger partial charge in [-0.3, -0.25) is 4.79 Å². The number of carbonyl (C=O) groups is 1. The smallest absolute Gasteiger partial charge is 0.322 e. The van der Waals surface area contributed by atoms with E-state index in [0.29, 0.717) is 12.5 Å². The van der Waals surface area contributed by atoms with Crippen LogP contribution in [-0.2, 0) is 4.79 Å². The summed E-state index contributed by atoms with van der Waals surface area (Å²) in [5, 5.41) is 15.7. The summed E-state index contributed by atoms with van der Waals surface area (Å²) in [5.74, 6) is -0.356. The monoisotopic (exact) mass is 262 g/mol. The van der Waals surface area contributed by atoms with Crippen molar-refractivity contribution < 1.29 is 9.90 Å². The molecule has 2 atom stereocenters. The fourth-order valence-corrected chi connectivity index (χ4v) is 2.56. The molecule has 1 aromatic carbocycles. The molecule has 2 rings (SSSR count). The Balaban J connectivity index is 2.37. The lowest BCUT2D eigenvalue weighted by Gasteiger charge is -2.32. The summed E-state index contributed by atoms with van der Waals surface area (Å²) in [6, 6.07) is 5.62. The van der Waals surface area contributed by atoms with Crippen LogP contribution in [0, 0.1) is 6.92 Å². The zero-order chi connectivity index (χ0) is 14.0. The van der Waals surface area contributed by atoms with Crippen LogP contribution in [0.1, 0.15) is 42.5 Å². The topological polar surface area (TPSA) is 61.4 Å². The van der Waals surface area contributed by atoms with Gasteiger partial charge in [-0.25, -0.2) is 0 Å². The second-order valence-corrected chi connectivity index (χ2v) is 5.47. The summed E-state index contributed by atoms with van der Waals surface area (Å²) in [6.07, 6.45) is 0. The highest BCUT2D eigenvalue weighted by Crippen LogP contribution is 2.26. The quantitative estimate of drug-likeness (QED) is 0.777. The Hall–Kier alpha value is -1.39. The Morgan fingerprint density at radius 1 is 1.32 bits per heavy atom. The molecule has 2 unspecified atom stereocenters. The maximum absolute atomic E-state index is 11.4. The lowest BCUT2D eigenvalue weighted by Crippen LogP contribution is -2.54. The van der Waals surface area contributed by atoms with Crippen LogP contribution < -0.4 is 10.6 Å². The van der Waals surface area contributed by atoms with E-state index in [1.807, 2.05) is 6.92 Å². The summed E-state index contributed by atoms with van der Waals surface area (Å²) in [4.78, 5) is 11.4. The third-order valence-electron chi connectivity index (χ3n) is 3.76. The number of benzene rings is 1. The van der Waals surface area contributed by atoms with E-state index in [2.05, 4.69) is 42.7 Å². The molecule has 0 saturated carbocycles. The number of carboxylic acid groups (broad SMARTS) is 1. The van der Waals surface area contributed by atoms with Gasteiger partial charge in [0.15, 0.2) is 0 Å². The third kappa shape index (κ3) is 2.96. The summed E-state index contributed by atoms with van der Waals surface area (Å²) < 4.78 is 0. The Morgan fingerprint density at radius 3 is 2.63 bits per heavy atom. The van der Waals surface area contributed by atoms with Crippen molar-refractivity contribution in [3.05, 3.63) is 34.9 Å². The molecule has 19 heavy (non-hydrogen) atoms. The highest BCUT2D eigenvalue weighted by atomic mass is 16.4. The van der Waals surface area contributed by atoms with Crippen molar-refractivity contribution in [3.63, 3.8) is 0 Å². The Labute approximate surface area is 114 Å². The lowest BCUT2D eigenvalue weighted by molar-refractivity contribution is -0.140. The fourth-order valence-electron chi connectivity index (χ4n) is 2.56. The number of aliphatic carboxylic acids is 1. The van der Waals surface area contributed by atoms with Gasteiger partial charge in [0.1, 0.15) is 6.04 Å². The molecule has 1 aliphatic rings. The number of hydrogen-bond acceptors (Lipinski definition) is 3. The molecule has 0 aromatic heterocycles. The second-order valence-electron chi connectivity index (χ2n) is 5.47. The Morgan fingerprint density at radius 2 is 2.00 bits per heavy atom. The number of carboxylic acids is 1. The molecule has 1 fully saturated rings. The first-order chi connectivity index (χ1) is 9.00. The predicted octanol–water partition coefficient (Wildman–Crippen LogP) is 1.81. The van der Waals surface area contributed by atoms with E-state index in [4.69, 9.17) is 0 Å². The summed E-state index contributed by atoms with van der Waals surface area (Å²) >= 11 is 0. The summed E-state index contributed by atoms with van der Waals surface area (Å²) in [5.41, 5.74) is 3.47.